The normalized spacial score (nSPS) is 19.1. The van der Waals surface area contributed by atoms with Crippen LogP contribution in [0.1, 0.15) is 27.9 Å². The lowest BCUT2D eigenvalue weighted by molar-refractivity contribution is 0.102. The number of hydrogen-bond donors (Lipinski definition) is 1. The first-order valence-corrected chi connectivity index (χ1v) is 8.42. The van der Waals surface area contributed by atoms with Gasteiger partial charge in [-0.2, -0.15) is 0 Å². The van der Waals surface area contributed by atoms with E-state index in [0.29, 0.717) is 31.1 Å². The number of fused-ring (bicyclic) bond motifs is 1. The number of hydrogen-bond acceptors (Lipinski definition) is 6. The highest BCUT2D eigenvalue weighted by Crippen LogP contribution is 2.29. The predicted octanol–water partition coefficient (Wildman–Crippen LogP) is 2.23. The molecule has 0 atom stereocenters. The number of benzene rings is 1. The third-order valence-electron chi connectivity index (χ3n) is 4.58. The molecule has 2 aromatic rings. The van der Waals surface area contributed by atoms with Crippen molar-refractivity contribution in [2.45, 2.75) is 12.8 Å². The van der Waals surface area contributed by atoms with Crippen LogP contribution in [-0.2, 0) is 11.2 Å². The van der Waals surface area contributed by atoms with Crippen LogP contribution < -0.4 is 4.90 Å². The van der Waals surface area contributed by atoms with Gasteiger partial charge in [0.2, 0.25) is 5.95 Å². The van der Waals surface area contributed by atoms with E-state index in [2.05, 4.69) is 14.9 Å². The molecular weight excluding hydrogens is 318 g/mol. The van der Waals surface area contributed by atoms with E-state index in [1.165, 1.54) is 0 Å². The number of aromatic nitrogens is 2. The van der Waals surface area contributed by atoms with Gasteiger partial charge in [-0.3, -0.25) is 4.79 Å². The van der Waals surface area contributed by atoms with Crippen molar-refractivity contribution in [1.29, 1.82) is 0 Å². The topological polar surface area (TPSA) is 75.6 Å². The summed E-state index contributed by atoms with van der Waals surface area (Å²) in [7, 11) is 0. The average molecular weight is 337 g/mol. The molecular formula is C19H19N3O3. The molecule has 1 fully saturated rings. The number of anilines is 1. The van der Waals surface area contributed by atoms with Crippen molar-refractivity contribution in [1.82, 2.24) is 9.97 Å². The molecule has 0 radical (unpaired) electrons. The van der Waals surface area contributed by atoms with Gasteiger partial charge in [0.05, 0.1) is 13.2 Å². The number of carbonyl (C=O) groups excluding carboxylic acids is 1. The molecule has 0 saturated carbocycles. The minimum absolute atomic E-state index is 0.0125. The summed E-state index contributed by atoms with van der Waals surface area (Å²) >= 11 is 0. The molecule has 2 aliphatic rings. The second kappa shape index (κ2) is 6.64. The van der Waals surface area contributed by atoms with Crippen LogP contribution in [0.25, 0.3) is 6.08 Å². The fourth-order valence-corrected chi connectivity index (χ4v) is 3.24. The summed E-state index contributed by atoms with van der Waals surface area (Å²) in [6, 6.07) is 4.92. The molecule has 0 spiro atoms. The van der Waals surface area contributed by atoms with Crippen molar-refractivity contribution in [2.24, 2.45) is 0 Å². The smallest absolute Gasteiger partial charge is 0.225 e. The summed E-state index contributed by atoms with van der Waals surface area (Å²) in [5.41, 5.74) is 3.14. The molecule has 1 saturated heterocycles. The van der Waals surface area contributed by atoms with Gasteiger partial charge < -0.3 is 14.7 Å². The second-order valence-corrected chi connectivity index (χ2v) is 6.26. The summed E-state index contributed by atoms with van der Waals surface area (Å²) in [5.74, 6) is 0.908. The Morgan fingerprint density at radius 3 is 2.64 bits per heavy atom. The number of phenolic OH excluding ortho intramolecular Hbond substituents is 1. The van der Waals surface area contributed by atoms with Gasteiger partial charge in [0.15, 0.2) is 5.78 Å². The van der Waals surface area contributed by atoms with Gasteiger partial charge in [0.1, 0.15) is 5.75 Å². The van der Waals surface area contributed by atoms with Crippen LogP contribution in [0.5, 0.6) is 5.75 Å². The summed E-state index contributed by atoms with van der Waals surface area (Å²) in [5, 5.41) is 9.55. The molecule has 4 rings (SSSR count). The number of rotatable bonds is 2. The Morgan fingerprint density at radius 1 is 1.12 bits per heavy atom. The predicted molar refractivity (Wildman–Crippen MR) is 93.8 cm³/mol. The van der Waals surface area contributed by atoms with Crippen LogP contribution in [0, 0.1) is 0 Å². The van der Waals surface area contributed by atoms with Crippen LogP contribution in [0.15, 0.2) is 36.2 Å². The first kappa shape index (κ1) is 15.8. The number of Topliss-reactive ketones (excluding diaryl/α,β-unsaturated/α-hetero) is 1. The Labute approximate surface area is 145 Å². The fourth-order valence-electron chi connectivity index (χ4n) is 3.24. The van der Waals surface area contributed by atoms with E-state index in [1.807, 2.05) is 6.08 Å². The number of aromatic hydroxyl groups is 1. The van der Waals surface area contributed by atoms with E-state index < -0.39 is 0 Å². The molecule has 128 valence electrons. The van der Waals surface area contributed by atoms with Gasteiger partial charge in [0, 0.05) is 42.2 Å². The number of morpholine rings is 1. The molecule has 0 amide bonds. The molecule has 1 N–H and O–H groups in total. The lowest BCUT2D eigenvalue weighted by Gasteiger charge is -2.26. The van der Waals surface area contributed by atoms with Crippen molar-refractivity contribution in [3.63, 3.8) is 0 Å². The number of ether oxygens (including phenoxy) is 1. The number of nitrogens with zero attached hydrogens (tertiary/aromatic N) is 3. The zero-order valence-electron chi connectivity index (χ0n) is 13.8. The third-order valence-corrected chi connectivity index (χ3v) is 4.58. The van der Waals surface area contributed by atoms with Crippen molar-refractivity contribution < 1.29 is 14.6 Å². The maximum atomic E-state index is 12.6. The van der Waals surface area contributed by atoms with Gasteiger partial charge in [-0.1, -0.05) is 0 Å². The Balaban J connectivity index is 1.54. The first-order valence-electron chi connectivity index (χ1n) is 8.42. The summed E-state index contributed by atoms with van der Waals surface area (Å²) in [6.07, 6.45) is 6.77. The van der Waals surface area contributed by atoms with Gasteiger partial charge in [0.25, 0.3) is 0 Å². The number of allylic oxidation sites excluding steroid dienone is 1. The molecule has 6 heteroatoms. The van der Waals surface area contributed by atoms with Crippen LogP contribution in [0.3, 0.4) is 0 Å². The molecule has 1 aromatic carbocycles. The maximum Gasteiger partial charge on any atom is 0.225 e. The molecule has 0 bridgehead atoms. The molecule has 1 aromatic heterocycles. The molecule has 6 nitrogen and oxygen atoms in total. The van der Waals surface area contributed by atoms with E-state index >= 15 is 0 Å². The molecule has 1 aliphatic carbocycles. The minimum atomic E-state index is 0.0125. The molecule has 0 unspecified atom stereocenters. The zero-order chi connectivity index (χ0) is 17.2. The van der Waals surface area contributed by atoms with E-state index in [0.717, 1.165) is 36.2 Å². The molecule has 25 heavy (non-hydrogen) atoms. The third kappa shape index (κ3) is 3.25. The standard InChI is InChI=1S/C19H19N3O3/c23-16-3-4-17-14(10-16)1-2-15(18(17)24)9-13-11-20-19(21-12-13)22-5-7-25-8-6-22/h3-4,9-12,23H,1-2,5-8H2/b15-9+. The van der Waals surface area contributed by atoms with Gasteiger partial charge in [-0.05, 0) is 42.7 Å². The van der Waals surface area contributed by atoms with Crippen LogP contribution >= 0.6 is 0 Å². The summed E-state index contributed by atoms with van der Waals surface area (Å²) < 4.78 is 5.33. The first-order chi connectivity index (χ1) is 12.2. The lowest BCUT2D eigenvalue weighted by atomic mass is 9.86. The lowest BCUT2D eigenvalue weighted by Crippen LogP contribution is -2.37. The van der Waals surface area contributed by atoms with Crippen LogP contribution in [0.2, 0.25) is 0 Å². The number of carbonyl (C=O) groups is 1. The maximum absolute atomic E-state index is 12.6. The van der Waals surface area contributed by atoms with Crippen molar-refractivity contribution in [3.8, 4) is 5.75 Å². The molecule has 2 heterocycles. The number of ketones is 1. The SMILES string of the molecule is O=C1/C(=C/c2cnc(N3CCOCC3)nc2)CCc2cc(O)ccc21. The van der Waals surface area contributed by atoms with E-state index in [1.54, 1.807) is 30.6 Å². The van der Waals surface area contributed by atoms with Gasteiger partial charge in [-0.15, -0.1) is 0 Å². The van der Waals surface area contributed by atoms with E-state index in [-0.39, 0.29) is 11.5 Å². The highest BCUT2D eigenvalue weighted by atomic mass is 16.5. The largest absolute Gasteiger partial charge is 0.508 e. The van der Waals surface area contributed by atoms with E-state index in [9.17, 15) is 9.90 Å². The second-order valence-electron chi connectivity index (χ2n) is 6.26. The van der Waals surface area contributed by atoms with Gasteiger partial charge >= 0.3 is 0 Å². The van der Waals surface area contributed by atoms with Crippen LogP contribution in [0.4, 0.5) is 5.95 Å². The van der Waals surface area contributed by atoms with Gasteiger partial charge in [-0.25, -0.2) is 9.97 Å². The monoisotopic (exact) mass is 337 g/mol. The minimum Gasteiger partial charge on any atom is -0.508 e. The zero-order valence-corrected chi connectivity index (χ0v) is 13.8. The van der Waals surface area contributed by atoms with Crippen molar-refractivity contribution >= 4 is 17.8 Å². The summed E-state index contributed by atoms with van der Waals surface area (Å²) in [6.45, 7) is 2.97. The summed E-state index contributed by atoms with van der Waals surface area (Å²) in [4.78, 5) is 23.6. The Kier molecular flexibility index (Phi) is 4.19. The molecule has 1 aliphatic heterocycles. The average Bonchev–Trinajstić information content (AvgIpc) is 2.65. The quantitative estimate of drug-likeness (QED) is 0.847. The Morgan fingerprint density at radius 2 is 1.88 bits per heavy atom. The Hall–Kier alpha value is -2.73. The number of aryl methyl sites for hydroxylation is 1. The number of phenols is 1. The fraction of sp³-hybridized carbons (Fsp3) is 0.316. The van der Waals surface area contributed by atoms with E-state index in [4.69, 9.17) is 4.74 Å². The van der Waals surface area contributed by atoms with Crippen molar-refractivity contribution in [3.05, 3.63) is 52.9 Å². The highest BCUT2D eigenvalue weighted by molar-refractivity contribution is 6.13. The van der Waals surface area contributed by atoms with Crippen LogP contribution in [-0.4, -0.2) is 47.2 Å². The Bertz CT molecular complexity index is 824. The highest BCUT2D eigenvalue weighted by Gasteiger charge is 2.22. The van der Waals surface area contributed by atoms with Crippen molar-refractivity contribution in [2.75, 3.05) is 31.2 Å².